The van der Waals surface area contributed by atoms with Crippen LogP contribution >= 0.6 is 0 Å². The number of nitrogens with one attached hydrogen (secondary N) is 1. The second-order valence-corrected chi connectivity index (χ2v) is 8.21. The molecule has 0 bridgehead atoms. The molecule has 0 aromatic rings. The first kappa shape index (κ1) is 20.3. The highest BCUT2D eigenvalue weighted by Crippen LogP contribution is 2.59. The van der Waals surface area contributed by atoms with Gasteiger partial charge in [-0.1, -0.05) is 17.6 Å². The van der Waals surface area contributed by atoms with Crippen molar-refractivity contribution in [2.45, 2.75) is 69.5 Å². The zero-order valence-electron chi connectivity index (χ0n) is 16.7. The zero-order valence-corrected chi connectivity index (χ0v) is 16.7. The average Bonchev–Trinajstić information content (AvgIpc) is 3.53. The molecular weight excluding hydrogens is 346 g/mol. The summed E-state index contributed by atoms with van der Waals surface area (Å²) in [5.74, 6) is 2.17. The first-order valence-corrected chi connectivity index (χ1v) is 9.68. The van der Waals surface area contributed by atoms with Crippen LogP contribution in [0.5, 0.6) is 0 Å². The minimum atomic E-state index is -0.323. The molecule has 3 aliphatic rings. The average molecular weight is 377 g/mol. The normalized spacial score (nSPS) is 39.5. The number of carbonyl (C=O) groups excluding carboxylic acids is 1. The Bertz CT molecular complexity index is 631. The van der Waals surface area contributed by atoms with E-state index in [0.717, 1.165) is 25.9 Å². The molecule has 0 radical (unpaired) electrons. The van der Waals surface area contributed by atoms with E-state index in [1.807, 2.05) is 0 Å². The van der Waals surface area contributed by atoms with Gasteiger partial charge in [-0.15, -0.1) is 6.42 Å². The lowest BCUT2D eigenvalue weighted by Crippen LogP contribution is -2.56. The molecule has 27 heavy (non-hydrogen) atoms. The van der Waals surface area contributed by atoms with Gasteiger partial charge in [-0.25, -0.2) is 0 Å². The minimum absolute atomic E-state index is 0.0378. The lowest BCUT2D eigenvalue weighted by atomic mass is 9.68. The second kappa shape index (κ2) is 7.92. The number of esters is 1. The van der Waals surface area contributed by atoms with Crippen molar-refractivity contribution < 1.29 is 23.7 Å². The summed E-state index contributed by atoms with van der Waals surface area (Å²) in [5.41, 5.74) is 0.749. The Hall–Kier alpha value is -1.39. The largest absolute Gasteiger partial charge is 0.459 e. The topological polar surface area (TPSA) is 72.6 Å². The standard InChI is InChI=1S/C21H31NO5/c1-6-11-22-12-17(23)26-15-9-10-21(13-25-21)19(18(15)24-5)20(4)16(27-20)8-7-14(2)3/h1,7,15-16,18-19,22H,8-13H2,2-5H3/t15-,16?,18-,19-,20+,21+/m1/s1. The molecule has 150 valence electrons. The van der Waals surface area contributed by atoms with E-state index in [9.17, 15) is 4.79 Å². The molecule has 3 fully saturated rings. The fourth-order valence-corrected chi connectivity index (χ4v) is 4.52. The third-order valence-electron chi connectivity index (χ3n) is 6.02. The molecule has 1 spiro atoms. The number of methoxy groups -OCH3 is 1. The Morgan fingerprint density at radius 1 is 1.44 bits per heavy atom. The smallest absolute Gasteiger partial charge is 0.320 e. The number of epoxide rings is 2. The highest BCUT2D eigenvalue weighted by molar-refractivity contribution is 5.72. The van der Waals surface area contributed by atoms with E-state index < -0.39 is 0 Å². The van der Waals surface area contributed by atoms with Crippen LogP contribution in [0, 0.1) is 18.3 Å². The number of ether oxygens (including phenoxy) is 4. The molecule has 6 atom stereocenters. The number of allylic oxidation sites excluding steroid dienone is 1. The number of carbonyl (C=O) groups is 1. The van der Waals surface area contributed by atoms with Gasteiger partial charge in [0.25, 0.3) is 0 Å². The molecule has 0 aromatic carbocycles. The first-order valence-electron chi connectivity index (χ1n) is 9.68. The molecule has 2 saturated heterocycles. The van der Waals surface area contributed by atoms with Crippen LogP contribution in [-0.2, 0) is 23.7 Å². The van der Waals surface area contributed by atoms with E-state index in [4.69, 9.17) is 25.4 Å². The monoisotopic (exact) mass is 377 g/mol. The maximum Gasteiger partial charge on any atom is 0.320 e. The highest BCUT2D eigenvalue weighted by Gasteiger charge is 2.72. The van der Waals surface area contributed by atoms with Crippen LogP contribution in [0.4, 0.5) is 0 Å². The molecule has 3 rings (SSSR count). The Labute approximate surface area is 161 Å². The predicted octanol–water partition coefficient (Wildman–Crippen LogP) is 1.83. The quantitative estimate of drug-likeness (QED) is 0.229. The Morgan fingerprint density at radius 2 is 2.19 bits per heavy atom. The molecule has 2 aliphatic heterocycles. The summed E-state index contributed by atoms with van der Waals surface area (Å²) in [6.45, 7) is 7.47. The second-order valence-electron chi connectivity index (χ2n) is 8.21. The van der Waals surface area contributed by atoms with E-state index in [0.29, 0.717) is 6.54 Å². The maximum atomic E-state index is 12.2. The van der Waals surface area contributed by atoms with Crippen molar-refractivity contribution in [1.29, 1.82) is 0 Å². The van der Waals surface area contributed by atoms with E-state index in [1.165, 1.54) is 5.57 Å². The molecule has 6 nitrogen and oxygen atoms in total. The third kappa shape index (κ3) is 4.22. The van der Waals surface area contributed by atoms with Gasteiger partial charge in [-0.05, 0) is 40.0 Å². The van der Waals surface area contributed by atoms with Gasteiger partial charge in [0.15, 0.2) is 0 Å². The van der Waals surface area contributed by atoms with Gasteiger partial charge in [0.05, 0.1) is 31.7 Å². The van der Waals surface area contributed by atoms with Crippen LogP contribution < -0.4 is 5.32 Å². The van der Waals surface area contributed by atoms with Crippen LogP contribution in [-0.4, -0.2) is 62.3 Å². The number of terminal acetylenes is 1. The van der Waals surface area contributed by atoms with E-state index in [2.05, 4.69) is 38.1 Å². The minimum Gasteiger partial charge on any atom is -0.459 e. The SMILES string of the molecule is C#CCNCC(=O)O[C@@H]1CC[C@]2(CO2)[C@@H]([C@@]2(C)OC2CC=C(C)C)[C@@H]1OC. The highest BCUT2D eigenvalue weighted by atomic mass is 16.6. The van der Waals surface area contributed by atoms with Gasteiger partial charge in [0.1, 0.15) is 23.4 Å². The van der Waals surface area contributed by atoms with Crippen LogP contribution in [0.1, 0.15) is 40.0 Å². The van der Waals surface area contributed by atoms with Gasteiger partial charge in [-0.2, -0.15) is 0 Å². The molecule has 1 N–H and O–H groups in total. The molecule has 0 amide bonds. The number of hydrogen-bond acceptors (Lipinski definition) is 6. The Kier molecular flexibility index (Phi) is 5.97. The van der Waals surface area contributed by atoms with E-state index in [1.54, 1.807) is 7.11 Å². The summed E-state index contributed by atoms with van der Waals surface area (Å²) < 4.78 is 23.6. The van der Waals surface area contributed by atoms with Crippen LogP contribution in [0.15, 0.2) is 11.6 Å². The van der Waals surface area contributed by atoms with Gasteiger partial charge in [0, 0.05) is 7.11 Å². The van der Waals surface area contributed by atoms with E-state index in [-0.39, 0.29) is 47.9 Å². The number of rotatable bonds is 8. The van der Waals surface area contributed by atoms with Gasteiger partial charge >= 0.3 is 5.97 Å². The maximum absolute atomic E-state index is 12.2. The predicted molar refractivity (Wildman–Crippen MR) is 101 cm³/mol. The summed E-state index contributed by atoms with van der Waals surface area (Å²) in [7, 11) is 1.67. The first-order chi connectivity index (χ1) is 12.9. The van der Waals surface area contributed by atoms with Crippen molar-refractivity contribution in [2.24, 2.45) is 5.92 Å². The molecule has 6 heteroatoms. The molecule has 2 heterocycles. The van der Waals surface area contributed by atoms with Gasteiger partial charge < -0.3 is 18.9 Å². The van der Waals surface area contributed by atoms with Crippen LogP contribution in [0.25, 0.3) is 0 Å². The summed E-state index contributed by atoms with van der Waals surface area (Å²) in [6, 6.07) is 0. The van der Waals surface area contributed by atoms with Crippen molar-refractivity contribution in [3.8, 4) is 12.3 Å². The van der Waals surface area contributed by atoms with Crippen LogP contribution in [0.3, 0.4) is 0 Å². The summed E-state index contributed by atoms with van der Waals surface area (Å²) in [6.07, 6.45) is 9.43. The van der Waals surface area contributed by atoms with E-state index >= 15 is 0 Å². The van der Waals surface area contributed by atoms with Crippen molar-refractivity contribution >= 4 is 5.97 Å². The molecular formula is C21H31NO5. The lowest BCUT2D eigenvalue weighted by Gasteiger charge is -2.42. The Balaban J connectivity index is 1.69. The number of hydrogen-bond donors (Lipinski definition) is 1. The molecule has 1 aliphatic carbocycles. The molecule has 0 aromatic heterocycles. The molecule has 1 unspecified atom stereocenters. The lowest BCUT2D eigenvalue weighted by molar-refractivity contribution is -0.170. The fourth-order valence-electron chi connectivity index (χ4n) is 4.52. The van der Waals surface area contributed by atoms with Crippen molar-refractivity contribution in [3.05, 3.63) is 11.6 Å². The van der Waals surface area contributed by atoms with Gasteiger partial charge in [-0.3, -0.25) is 10.1 Å². The third-order valence-corrected chi connectivity index (χ3v) is 6.02. The fraction of sp³-hybridized carbons (Fsp3) is 0.762. The molecule has 1 saturated carbocycles. The van der Waals surface area contributed by atoms with Crippen LogP contribution in [0.2, 0.25) is 0 Å². The van der Waals surface area contributed by atoms with Crippen molar-refractivity contribution in [2.75, 3.05) is 26.8 Å². The van der Waals surface area contributed by atoms with Crippen molar-refractivity contribution in [3.63, 3.8) is 0 Å². The summed E-state index contributed by atoms with van der Waals surface area (Å²) in [4.78, 5) is 12.2. The van der Waals surface area contributed by atoms with Gasteiger partial charge in [0.2, 0.25) is 0 Å². The summed E-state index contributed by atoms with van der Waals surface area (Å²) in [5, 5.41) is 2.87. The van der Waals surface area contributed by atoms with Crippen molar-refractivity contribution in [1.82, 2.24) is 5.32 Å². The summed E-state index contributed by atoms with van der Waals surface area (Å²) >= 11 is 0. The Morgan fingerprint density at radius 3 is 2.78 bits per heavy atom. The zero-order chi connectivity index (χ0) is 19.7.